The van der Waals surface area contributed by atoms with Gasteiger partial charge in [-0.2, -0.15) is 0 Å². The molecular formula is C21H23F3N2O4. The number of anilines is 1. The average molecular weight is 424 g/mol. The van der Waals surface area contributed by atoms with Gasteiger partial charge < -0.3 is 24.4 Å². The van der Waals surface area contributed by atoms with Crippen molar-refractivity contribution < 1.29 is 32.5 Å². The van der Waals surface area contributed by atoms with Crippen molar-refractivity contribution in [3.63, 3.8) is 0 Å². The second kappa shape index (κ2) is 9.25. The van der Waals surface area contributed by atoms with Gasteiger partial charge in [0, 0.05) is 37.9 Å². The number of amides is 1. The largest absolute Gasteiger partial charge is 0.573 e. The van der Waals surface area contributed by atoms with Crippen LogP contribution in [0.25, 0.3) is 0 Å². The van der Waals surface area contributed by atoms with E-state index in [4.69, 9.17) is 9.84 Å². The Balaban J connectivity index is 1.53. The van der Waals surface area contributed by atoms with Crippen LogP contribution in [-0.4, -0.2) is 55.1 Å². The quantitative estimate of drug-likeness (QED) is 0.740. The van der Waals surface area contributed by atoms with Gasteiger partial charge in [-0.3, -0.25) is 4.79 Å². The summed E-state index contributed by atoms with van der Waals surface area (Å²) in [6.07, 6.45) is -4.05. The fourth-order valence-corrected chi connectivity index (χ4v) is 3.32. The summed E-state index contributed by atoms with van der Waals surface area (Å²) in [4.78, 5) is 16.0. The number of alkyl halides is 3. The zero-order valence-corrected chi connectivity index (χ0v) is 16.4. The number of aliphatic hydroxyl groups is 1. The molecule has 6 nitrogen and oxygen atoms in total. The fourth-order valence-electron chi connectivity index (χ4n) is 3.32. The lowest BCUT2D eigenvalue weighted by atomic mass is 10.2. The predicted molar refractivity (Wildman–Crippen MR) is 104 cm³/mol. The summed E-state index contributed by atoms with van der Waals surface area (Å²) in [5, 5.41) is 9.04. The zero-order valence-electron chi connectivity index (χ0n) is 16.4. The topological polar surface area (TPSA) is 62.2 Å². The standard InChI is InChI=1S/C21H23F3N2O4/c1-25(16-3-2-4-19(11-16)30-21(22,23)24)17-9-10-26(12-17)20(28)14-29-18-7-5-15(13-27)6-8-18/h2-8,11,17,27H,9-10,12-14H2,1H3. The summed E-state index contributed by atoms with van der Waals surface area (Å²) in [5.41, 5.74) is 1.33. The van der Waals surface area contributed by atoms with Crippen molar-refractivity contribution in [1.82, 2.24) is 4.90 Å². The molecule has 1 saturated heterocycles. The summed E-state index contributed by atoms with van der Waals surface area (Å²) in [7, 11) is 1.78. The van der Waals surface area contributed by atoms with Gasteiger partial charge in [-0.15, -0.1) is 13.2 Å². The fraction of sp³-hybridized carbons (Fsp3) is 0.381. The monoisotopic (exact) mass is 424 g/mol. The van der Waals surface area contributed by atoms with Gasteiger partial charge in [0.05, 0.1) is 6.61 Å². The summed E-state index contributed by atoms with van der Waals surface area (Å²) >= 11 is 0. The molecule has 2 aromatic carbocycles. The minimum absolute atomic E-state index is 0.0288. The SMILES string of the molecule is CN(c1cccc(OC(F)(F)F)c1)C1CCN(C(=O)COc2ccc(CO)cc2)C1. The molecule has 1 atom stereocenters. The molecule has 0 saturated carbocycles. The third-order valence-electron chi connectivity index (χ3n) is 4.99. The predicted octanol–water partition coefficient (Wildman–Crippen LogP) is 3.19. The van der Waals surface area contributed by atoms with Gasteiger partial charge in [0.1, 0.15) is 11.5 Å². The third-order valence-corrected chi connectivity index (χ3v) is 4.99. The molecule has 30 heavy (non-hydrogen) atoms. The molecule has 1 amide bonds. The van der Waals surface area contributed by atoms with Crippen LogP contribution in [0, 0.1) is 0 Å². The summed E-state index contributed by atoms with van der Waals surface area (Å²) in [6.45, 7) is 0.822. The molecule has 1 N–H and O–H groups in total. The Labute approximate surface area is 172 Å². The number of hydrogen-bond acceptors (Lipinski definition) is 5. The number of hydrogen-bond donors (Lipinski definition) is 1. The lowest BCUT2D eigenvalue weighted by molar-refractivity contribution is -0.274. The molecule has 1 aliphatic heterocycles. The maximum Gasteiger partial charge on any atom is 0.573 e. The first kappa shape index (κ1) is 21.8. The highest BCUT2D eigenvalue weighted by molar-refractivity contribution is 5.78. The number of rotatable bonds is 7. The van der Waals surface area contributed by atoms with Crippen LogP contribution in [0.5, 0.6) is 11.5 Å². The molecule has 1 unspecified atom stereocenters. The zero-order chi connectivity index (χ0) is 21.7. The van der Waals surface area contributed by atoms with E-state index < -0.39 is 6.36 Å². The number of likely N-dealkylation sites (N-methyl/N-ethyl adjacent to an activating group) is 1. The molecule has 1 aliphatic rings. The summed E-state index contributed by atoms with van der Waals surface area (Å²) < 4.78 is 46.8. The van der Waals surface area contributed by atoms with Crippen LogP contribution in [0.3, 0.4) is 0 Å². The summed E-state index contributed by atoms with van der Waals surface area (Å²) in [5.74, 6) is 0.0968. The Bertz CT molecular complexity index is 858. The molecule has 0 aromatic heterocycles. The van der Waals surface area contributed by atoms with Gasteiger partial charge >= 0.3 is 6.36 Å². The molecule has 3 rings (SSSR count). The average Bonchev–Trinajstić information content (AvgIpc) is 3.21. The smallest absolute Gasteiger partial charge is 0.484 e. The van der Waals surface area contributed by atoms with Crippen LogP contribution in [0.2, 0.25) is 0 Å². The van der Waals surface area contributed by atoms with E-state index >= 15 is 0 Å². The second-order valence-electron chi connectivity index (χ2n) is 7.03. The van der Waals surface area contributed by atoms with Gasteiger partial charge in [-0.05, 0) is 36.2 Å². The minimum Gasteiger partial charge on any atom is -0.484 e. The van der Waals surface area contributed by atoms with E-state index in [1.807, 2.05) is 4.90 Å². The number of halogens is 3. The van der Waals surface area contributed by atoms with E-state index in [9.17, 15) is 18.0 Å². The van der Waals surface area contributed by atoms with Crippen molar-refractivity contribution in [2.75, 3.05) is 31.6 Å². The third kappa shape index (κ3) is 5.79. The first-order valence-corrected chi connectivity index (χ1v) is 9.44. The van der Waals surface area contributed by atoms with Gasteiger partial charge in [-0.25, -0.2) is 0 Å². The van der Waals surface area contributed by atoms with Crippen molar-refractivity contribution in [3.05, 3.63) is 54.1 Å². The van der Waals surface area contributed by atoms with E-state index in [0.717, 1.165) is 5.56 Å². The minimum atomic E-state index is -4.74. The molecule has 0 radical (unpaired) electrons. The molecule has 9 heteroatoms. The van der Waals surface area contributed by atoms with Gasteiger partial charge in [0.25, 0.3) is 5.91 Å². The maximum absolute atomic E-state index is 12.5. The Kier molecular flexibility index (Phi) is 6.71. The number of likely N-dealkylation sites (tertiary alicyclic amines) is 1. The number of nitrogens with zero attached hydrogens (tertiary/aromatic N) is 2. The Hall–Kier alpha value is -2.94. The first-order chi connectivity index (χ1) is 14.2. The normalized spacial score (nSPS) is 16.4. The molecule has 0 aliphatic carbocycles. The van der Waals surface area contributed by atoms with Crippen molar-refractivity contribution >= 4 is 11.6 Å². The number of carbonyl (C=O) groups excluding carboxylic acids is 1. The number of benzene rings is 2. The van der Waals surface area contributed by atoms with Gasteiger partial charge in [-0.1, -0.05) is 18.2 Å². The lowest BCUT2D eigenvalue weighted by Crippen LogP contribution is -2.38. The lowest BCUT2D eigenvalue weighted by Gasteiger charge is -2.27. The Morgan fingerprint density at radius 2 is 1.93 bits per heavy atom. The highest BCUT2D eigenvalue weighted by atomic mass is 19.4. The van der Waals surface area contributed by atoms with Crippen LogP contribution in [0.4, 0.5) is 18.9 Å². The molecular weight excluding hydrogens is 401 g/mol. The molecule has 1 fully saturated rings. The van der Waals surface area contributed by atoms with Crippen LogP contribution in [0.1, 0.15) is 12.0 Å². The Morgan fingerprint density at radius 3 is 2.60 bits per heavy atom. The van der Waals surface area contributed by atoms with E-state index in [1.165, 1.54) is 18.2 Å². The van der Waals surface area contributed by atoms with E-state index in [-0.39, 0.29) is 30.9 Å². The van der Waals surface area contributed by atoms with Crippen molar-refractivity contribution in [1.29, 1.82) is 0 Å². The molecule has 0 bridgehead atoms. The second-order valence-corrected chi connectivity index (χ2v) is 7.03. The molecule has 1 heterocycles. The van der Waals surface area contributed by atoms with E-state index in [2.05, 4.69) is 4.74 Å². The number of ether oxygens (including phenoxy) is 2. The number of carbonyl (C=O) groups is 1. The van der Waals surface area contributed by atoms with Crippen molar-refractivity contribution in [2.24, 2.45) is 0 Å². The van der Waals surface area contributed by atoms with E-state index in [0.29, 0.717) is 30.9 Å². The maximum atomic E-state index is 12.5. The molecule has 0 spiro atoms. The Morgan fingerprint density at radius 1 is 1.20 bits per heavy atom. The molecule has 2 aromatic rings. The highest BCUT2D eigenvalue weighted by Crippen LogP contribution is 2.28. The summed E-state index contributed by atoms with van der Waals surface area (Å²) in [6, 6.07) is 12.6. The number of aliphatic hydroxyl groups excluding tert-OH is 1. The van der Waals surface area contributed by atoms with Crippen molar-refractivity contribution in [3.8, 4) is 11.5 Å². The van der Waals surface area contributed by atoms with Gasteiger partial charge in [0.15, 0.2) is 6.61 Å². The highest BCUT2D eigenvalue weighted by Gasteiger charge is 2.32. The first-order valence-electron chi connectivity index (χ1n) is 9.44. The van der Waals surface area contributed by atoms with Crippen molar-refractivity contribution in [2.45, 2.75) is 25.4 Å². The van der Waals surface area contributed by atoms with Crippen LogP contribution in [0.15, 0.2) is 48.5 Å². The van der Waals surface area contributed by atoms with Crippen LogP contribution >= 0.6 is 0 Å². The van der Waals surface area contributed by atoms with Crippen LogP contribution in [-0.2, 0) is 11.4 Å². The van der Waals surface area contributed by atoms with E-state index in [1.54, 1.807) is 42.3 Å². The molecule has 162 valence electrons. The van der Waals surface area contributed by atoms with Crippen LogP contribution < -0.4 is 14.4 Å². The van der Waals surface area contributed by atoms with Gasteiger partial charge in [0.2, 0.25) is 0 Å².